The fourth-order valence-electron chi connectivity index (χ4n) is 2.52. The fraction of sp³-hybridized carbons (Fsp3) is 0.190. The molecule has 0 aliphatic heterocycles. The van der Waals surface area contributed by atoms with E-state index >= 15 is 0 Å². The van der Waals surface area contributed by atoms with Crippen LogP contribution in [0.1, 0.15) is 29.4 Å². The van der Waals surface area contributed by atoms with Crippen LogP contribution in [-0.2, 0) is 11.2 Å². The van der Waals surface area contributed by atoms with E-state index in [2.05, 4.69) is 15.6 Å². The van der Waals surface area contributed by atoms with Crippen molar-refractivity contribution in [2.75, 3.05) is 17.2 Å². The first-order valence-corrected chi connectivity index (χ1v) is 9.95. The van der Waals surface area contributed by atoms with Crippen molar-refractivity contribution in [1.29, 1.82) is 0 Å². The largest absolute Gasteiger partial charge is 0.494 e. The van der Waals surface area contributed by atoms with E-state index in [0.717, 1.165) is 5.75 Å². The number of aromatic nitrogens is 1. The first-order valence-electron chi connectivity index (χ1n) is 9.07. The molecular weight excluding hydrogens is 393 g/mol. The standard InChI is InChI=1S/C21H20FN3O3S/c1-2-28-18-10-7-16(8-11-18)23-19(26)12-9-17-13-29-21(24-17)25-20(27)14-3-5-15(22)6-4-14/h3-8,10-11,13H,2,9,12H2,1H3,(H,23,26)(H,24,25,27). The summed E-state index contributed by atoms with van der Waals surface area (Å²) < 4.78 is 18.3. The Labute approximate surface area is 171 Å². The maximum Gasteiger partial charge on any atom is 0.257 e. The predicted octanol–water partition coefficient (Wildman–Crippen LogP) is 4.50. The molecule has 0 aliphatic carbocycles. The molecular formula is C21H20FN3O3S. The summed E-state index contributed by atoms with van der Waals surface area (Å²) in [5.74, 6) is -0.136. The Morgan fingerprint density at radius 3 is 2.48 bits per heavy atom. The van der Waals surface area contributed by atoms with E-state index in [1.165, 1.54) is 35.6 Å². The number of benzene rings is 2. The van der Waals surface area contributed by atoms with Gasteiger partial charge in [-0.25, -0.2) is 9.37 Å². The Hall–Kier alpha value is -3.26. The SMILES string of the molecule is CCOc1ccc(NC(=O)CCc2csc(NC(=O)c3ccc(F)cc3)n2)cc1. The fourth-order valence-corrected chi connectivity index (χ4v) is 3.26. The molecule has 0 fully saturated rings. The van der Waals surface area contributed by atoms with Crippen LogP contribution in [0.25, 0.3) is 0 Å². The van der Waals surface area contributed by atoms with Gasteiger partial charge in [0.2, 0.25) is 5.91 Å². The second kappa shape index (κ2) is 9.79. The van der Waals surface area contributed by atoms with Gasteiger partial charge >= 0.3 is 0 Å². The van der Waals surface area contributed by atoms with Crippen molar-refractivity contribution >= 4 is 34.0 Å². The molecule has 3 aromatic rings. The number of aryl methyl sites for hydroxylation is 1. The molecule has 6 nitrogen and oxygen atoms in total. The van der Waals surface area contributed by atoms with Crippen LogP contribution in [0.4, 0.5) is 15.2 Å². The maximum absolute atomic E-state index is 12.9. The zero-order chi connectivity index (χ0) is 20.6. The van der Waals surface area contributed by atoms with E-state index in [4.69, 9.17) is 4.74 Å². The van der Waals surface area contributed by atoms with Crippen LogP contribution in [0.2, 0.25) is 0 Å². The van der Waals surface area contributed by atoms with Gasteiger partial charge in [0.1, 0.15) is 11.6 Å². The number of carbonyl (C=O) groups excluding carboxylic acids is 2. The molecule has 0 aliphatic rings. The van der Waals surface area contributed by atoms with Crippen LogP contribution in [0.3, 0.4) is 0 Å². The van der Waals surface area contributed by atoms with E-state index in [1.54, 1.807) is 29.6 Å². The van der Waals surface area contributed by atoms with Gasteiger partial charge in [0.25, 0.3) is 5.91 Å². The summed E-state index contributed by atoms with van der Waals surface area (Å²) in [4.78, 5) is 28.6. The summed E-state index contributed by atoms with van der Waals surface area (Å²) in [6.45, 7) is 2.50. The number of ether oxygens (including phenoxy) is 1. The Kier molecular flexibility index (Phi) is 6.91. The third-order valence-corrected chi connectivity index (χ3v) is 4.74. The lowest BCUT2D eigenvalue weighted by Crippen LogP contribution is -2.13. The number of nitrogens with one attached hydrogen (secondary N) is 2. The van der Waals surface area contributed by atoms with Crippen LogP contribution in [0.5, 0.6) is 5.75 Å². The predicted molar refractivity (Wildman–Crippen MR) is 111 cm³/mol. The molecule has 2 amide bonds. The molecule has 0 bridgehead atoms. The monoisotopic (exact) mass is 413 g/mol. The van der Waals surface area contributed by atoms with Crippen LogP contribution in [0.15, 0.2) is 53.9 Å². The molecule has 0 spiro atoms. The van der Waals surface area contributed by atoms with E-state index in [9.17, 15) is 14.0 Å². The van der Waals surface area contributed by atoms with Crippen LogP contribution in [0, 0.1) is 5.82 Å². The lowest BCUT2D eigenvalue weighted by Gasteiger charge is -2.06. The van der Waals surface area contributed by atoms with Crippen molar-refractivity contribution in [1.82, 2.24) is 4.98 Å². The van der Waals surface area contributed by atoms with Gasteiger partial charge in [0.05, 0.1) is 12.3 Å². The number of amides is 2. The van der Waals surface area contributed by atoms with Gasteiger partial charge in [-0.2, -0.15) is 0 Å². The molecule has 0 radical (unpaired) electrons. The summed E-state index contributed by atoms with van der Waals surface area (Å²) in [6.07, 6.45) is 0.716. The second-order valence-corrected chi connectivity index (χ2v) is 6.97. The highest BCUT2D eigenvalue weighted by Crippen LogP contribution is 2.19. The third kappa shape index (κ3) is 6.11. The Morgan fingerprint density at radius 2 is 1.79 bits per heavy atom. The maximum atomic E-state index is 12.9. The molecule has 1 aromatic heterocycles. The van der Waals surface area contributed by atoms with Gasteiger partial charge in [-0.15, -0.1) is 11.3 Å². The van der Waals surface area contributed by atoms with E-state index < -0.39 is 5.82 Å². The van der Waals surface area contributed by atoms with Crippen molar-refractivity contribution in [2.24, 2.45) is 0 Å². The Bertz CT molecular complexity index is 972. The number of thiazole rings is 1. The van der Waals surface area contributed by atoms with Crippen LogP contribution in [-0.4, -0.2) is 23.4 Å². The number of carbonyl (C=O) groups is 2. The highest BCUT2D eigenvalue weighted by Gasteiger charge is 2.10. The quantitative estimate of drug-likeness (QED) is 0.570. The first-order chi connectivity index (χ1) is 14.0. The van der Waals surface area contributed by atoms with Crippen molar-refractivity contribution in [3.63, 3.8) is 0 Å². The molecule has 2 aromatic carbocycles. The molecule has 2 N–H and O–H groups in total. The number of nitrogens with zero attached hydrogens (tertiary/aromatic N) is 1. The Balaban J connectivity index is 1.47. The third-order valence-electron chi connectivity index (χ3n) is 3.94. The molecule has 150 valence electrons. The topological polar surface area (TPSA) is 80.3 Å². The first kappa shape index (κ1) is 20.5. The molecule has 1 heterocycles. The van der Waals surface area contributed by atoms with E-state index in [-0.39, 0.29) is 18.2 Å². The lowest BCUT2D eigenvalue weighted by molar-refractivity contribution is -0.116. The minimum absolute atomic E-state index is 0.126. The van der Waals surface area contributed by atoms with Gasteiger partial charge in [0.15, 0.2) is 5.13 Å². The molecule has 0 saturated carbocycles. The second-order valence-electron chi connectivity index (χ2n) is 6.11. The van der Waals surface area contributed by atoms with Crippen LogP contribution >= 0.6 is 11.3 Å². The summed E-state index contributed by atoms with van der Waals surface area (Å²) in [5.41, 5.74) is 1.76. The highest BCUT2D eigenvalue weighted by molar-refractivity contribution is 7.14. The van der Waals surface area contributed by atoms with Crippen molar-refractivity contribution in [2.45, 2.75) is 19.8 Å². The number of anilines is 2. The zero-order valence-electron chi connectivity index (χ0n) is 15.8. The summed E-state index contributed by atoms with van der Waals surface area (Å²) in [5, 5.41) is 7.73. The van der Waals surface area contributed by atoms with Crippen molar-refractivity contribution < 1.29 is 18.7 Å². The van der Waals surface area contributed by atoms with E-state index in [1.807, 2.05) is 6.92 Å². The van der Waals surface area contributed by atoms with Gasteiger partial charge in [0, 0.05) is 23.1 Å². The van der Waals surface area contributed by atoms with Crippen molar-refractivity contribution in [3.8, 4) is 5.75 Å². The van der Waals surface area contributed by atoms with Crippen molar-refractivity contribution in [3.05, 3.63) is 71.0 Å². The molecule has 0 atom stereocenters. The van der Waals surface area contributed by atoms with Gasteiger partial charge < -0.3 is 10.1 Å². The number of hydrogen-bond donors (Lipinski definition) is 2. The number of halogens is 1. The van der Waals surface area contributed by atoms with Gasteiger partial charge in [-0.05, 0) is 61.9 Å². The zero-order valence-corrected chi connectivity index (χ0v) is 16.6. The van der Waals surface area contributed by atoms with Crippen LogP contribution < -0.4 is 15.4 Å². The normalized spacial score (nSPS) is 10.4. The minimum atomic E-state index is -0.401. The number of rotatable bonds is 8. The summed E-state index contributed by atoms with van der Waals surface area (Å²) in [7, 11) is 0. The molecule has 3 rings (SSSR count). The highest BCUT2D eigenvalue weighted by atomic mass is 32.1. The average molecular weight is 413 g/mol. The summed E-state index contributed by atoms with van der Waals surface area (Å²) >= 11 is 1.27. The minimum Gasteiger partial charge on any atom is -0.494 e. The average Bonchev–Trinajstić information content (AvgIpc) is 3.16. The Morgan fingerprint density at radius 1 is 1.07 bits per heavy atom. The smallest absolute Gasteiger partial charge is 0.257 e. The van der Waals surface area contributed by atoms with E-state index in [0.29, 0.717) is 35.1 Å². The molecule has 0 saturated heterocycles. The summed E-state index contributed by atoms with van der Waals surface area (Å²) in [6, 6.07) is 12.4. The van der Waals surface area contributed by atoms with Gasteiger partial charge in [-0.1, -0.05) is 0 Å². The number of hydrogen-bond acceptors (Lipinski definition) is 5. The van der Waals surface area contributed by atoms with Gasteiger partial charge in [-0.3, -0.25) is 14.9 Å². The molecule has 8 heteroatoms. The molecule has 29 heavy (non-hydrogen) atoms. The molecule has 0 unspecified atom stereocenters. The lowest BCUT2D eigenvalue weighted by atomic mass is 10.2.